The molecule has 0 aromatic carbocycles. The minimum Gasteiger partial charge on any atom is -0.261 e. The van der Waals surface area contributed by atoms with E-state index in [0.717, 1.165) is 14.3 Å². The third-order valence-corrected chi connectivity index (χ3v) is 2.48. The molecule has 1 aromatic heterocycles. The molecule has 2 heteroatoms. The predicted molar refractivity (Wildman–Crippen MR) is 47.6 cm³/mol. The summed E-state index contributed by atoms with van der Waals surface area (Å²) in [6.45, 7) is 6.32. The Bertz CT molecular complexity index is 233. The zero-order valence-corrected chi connectivity index (χ0v) is 7.60. The van der Waals surface area contributed by atoms with Gasteiger partial charge in [-0.25, -0.2) is 0 Å². The fourth-order valence-corrected chi connectivity index (χ4v) is 1.33. The van der Waals surface area contributed by atoms with E-state index < -0.39 is 0 Å². The van der Waals surface area contributed by atoms with Gasteiger partial charge in [0.2, 0.25) is 0 Å². The first kappa shape index (κ1) is 7.68. The Morgan fingerprint density at radius 1 is 1.40 bits per heavy atom. The van der Waals surface area contributed by atoms with Gasteiger partial charge in [-0.1, -0.05) is 8.58 Å². The van der Waals surface area contributed by atoms with Gasteiger partial charge in [0, 0.05) is 11.9 Å². The zero-order valence-electron chi connectivity index (χ0n) is 6.60. The molecule has 0 saturated heterocycles. The van der Waals surface area contributed by atoms with Crippen LogP contribution in [0, 0.1) is 13.8 Å². The lowest BCUT2D eigenvalue weighted by molar-refractivity contribution is 1.16. The van der Waals surface area contributed by atoms with E-state index >= 15 is 0 Å². The van der Waals surface area contributed by atoms with Gasteiger partial charge >= 0.3 is 0 Å². The third-order valence-electron chi connectivity index (χ3n) is 1.63. The van der Waals surface area contributed by atoms with Gasteiger partial charge in [0.1, 0.15) is 0 Å². The minimum atomic E-state index is 0.860. The van der Waals surface area contributed by atoms with Crippen molar-refractivity contribution >= 4 is 13.9 Å². The van der Waals surface area contributed by atoms with E-state index in [1.807, 2.05) is 13.1 Å². The van der Waals surface area contributed by atoms with Crippen LogP contribution in [-0.4, -0.2) is 11.6 Å². The van der Waals surface area contributed by atoms with Crippen molar-refractivity contribution in [3.63, 3.8) is 0 Å². The van der Waals surface area contributed by atoms with E-state index in [0.29, 0.717) is 0 Å². The second kappa shape index (κ2) is 3.12. The normalized spacial score (nSPS) is 11.1. The number of pyridine rings is 1. The summed E-state index contributed by atoms with van der Waals surface area (Å²) in [7, 11) is 0.860. The van der Waals surface area contributed by atoms with Gasteiger partial charge in [-0.3, -0.25) is 4.98 Å². The average molecular weight is 153 g/mol. The molecule has 1 rings (SSSR count). The minimum absolute atomic E-state index is 0.860. The van der Waals surface area contributed by atoms with E-state index in [-0.39, 0.29) is 0 Å². The van der Waals surface area contributed by atoms with Crippen LogP contribution in [0.4, 0.5) is 0 Å². The van der Waals surface area contributed by atoms with Crippen LogP contribution in [0.5, 0.6) is 0 Å². The molecule has 0 aliphatic rings. The molecule has 0 aliphatic heterocycles. The summed E-state index contributed by atoms with van der Waals surface area (Å²) < 4.78 is 0. The van der Waals surface area contributed by atoms with Crippen molar-refractivity contribution < 1.29 is 0 Å². The van der Waals surface area contributed by atoms with Crippen LogP contribution < -0.4 is 5.30 Å². The molecule has 1 heterocycles. The quantitative estimate of drug-likeness (QED) is 0.559. The van der Waals surface area contributed by atoms with Crippen molar-refractivity contribution in [2.24, 2.45) is 0 Å². The average Bonchev–Trinajstić information content (AvgIpc) is 1.95. The van der Waals surface area contributed by atoms with Crippen molar-refractivity contribution in [2.45, 2.75) is 13.8 Å². The number of rotatable bonds is 1. The van der Waals surface area contributed by atoms with E-state index in [1.54, 1.807) is 0 Å². The Hall–Kier alpha value is -0.420. The molecule has 1 atom stereocenters. The molecule has 0 aliphatic carbocycles. The maximum absolute atomic E-state index is 4.26. The van der Waals surface area contributed by atoms with Crippen LogP contribution in [0.1, 0.15) is 11.3 Å². The Kier molecular flexibility index (Phi) is 2.39. The third kappa shape index (κ3) is 1.54. The zero-order chi connectivity index (χ0) is 7.56. The van der Waals surface area contributed by atoms with Gasteiger partial charge < -0.3 is 0 Å². The van der Waals surface area contributed by atoms with E-state index in [1.165, 1.54) is 10.9 Å². The van der Waals surface area contributed by atoms with Crippen molar-refractivity contribution in [1.82, 2.24) is 4.98 Å². The SMILES string of the molecule is CPc1cnc(C)c(C)c1. The van der Waals surface area contributed by atoms with E-state index in [2.05, 4.69) is 24.6 Å². The summed E-state index contributed by atoms with van der Waals surface area (Å²) in [6, 6.07) is 2.21. The molecule has 0 spiro atoms. The molecule has 0 amide bonds. The highest BCUT2D eigenvalue weighted by molar-refractivity contribution is 7.46. The fraction of sp³-hybridized carbons (Fsp3) is 0.375. The first-order valence-corrected chi connectivity index (χ1v) is 4.85. The highest BCUT2D eigenvalue weighted by Gasteiger charge is 1.93. The molecule has 0 N–H and O–H groups in total. The second-order valence-corrected chi connectivity index (χ2v) is 3.45. The van der Waals surface area contributed by atoms with Gasteiger partial charge in [0.05, 0.1) is 0 Å². The van der Waals surface area contributed by atoms with Crippen LogP contribution in [-0.2, 0) is 0 Å². The smallest absolute Gasteiger partial charge is 0.0402 e. The number of hydrogen-bond acceptors (Lipinski definition) is 1. The largest absolute Gasteiger partial charge is 0.261 e. The highest BCUT2D eigenvalue weighted by Crippen LogP contribution is 2.06. The Labute approximate surface area is 63.7 Å². The molecule has 0 radical (unpaired) electrons. The molecular weight excluding hydrogens is 141 g/mol. The Balaban J connectivity index is 3.04. The maximum Gasteiger partial charge on any atom is 0.0402 e. The van der Waals surface area contributed by atoms with Crippen molar-refractivity contribution in [2.75, 3.05) is 6.66 Å². The van der Waals surface area contributed by atoms with Crippen LogP contribution in [0.25, 0.3) is 0 Å². The summed E-state index contributed by atoms with van der Waals surface area (Å²) in [5.74, 6) is 0. The summed E-state index contributed by atoms with van der Waals surface area (Å²) in [6.07, 6.45) is 1.96. The van der Waals surface area contributed by atoms with Gasteiger partial charge in [0.15, 0.2) is 0 Å². The number of nitrogens with zero attached hydrogens (tertiary/aromatic N) is 1. The maximum atomic E-state index is 4.26. The van der Waals surface area contributed by atoms with Crippen molar-refractivity contribution in [3.05, 3.63) is 23.5 Å². The first-order valence-electron chi connectivity index (χ1n) is 3.35. The van der Waals surface area contributed by atoms with Crippen molar-refractivity contribution in [1.29, 1.82) is 0 Å². The lowest BCUT2D eigenvalue weighted by Gasteiger charge is -2.00. The molecule has 1 aromatic rings. The monoisotopic (exact) mass is 153 g/mol. The molecule has 0 fully saturated rings. The van der Waals surface area contributed by atoms with Gasteiger partial charge in [-0.05, 0) is 37.4 Å². The van der Waals surface area contributed by atoms with Crippen LogP contribution >= 0.6 is 8.58 Å². The molecule has 0 saturated carbocycles. The molecule has 0 bridgehead atoms. The van der Waals surface area contributed by atoms with Gasteiger partial charge in [-0.15, -0.1) is 0 Å². The standard InChI is InChI=1S/C8H12NP/c1-6-4-8(10-3)5-9-7(6)2/h4-5,10H,1-3H3. The first-order chi connectivity index (χ1) is 4.74. The molecule has 1 unspecified atom stereocenters. The van der Waals surface area contributed by atoms with E-state index in [9.17, 15) is 0 Å². The fourth-order valence-electron chi connectivity index (χ4n) is 0.780. The van der Waals surface area contributed by atoms with Crippen LogP contribution in [0.15, 0.2) is 12.3 Å². The molecule has 54 valence electrons. The molecular formula is C8H12NP. The second-order valence-electron chi connectivity index (χ2n) is 2.38. The van der Waals surface area contributed by atoms with Crippen molar-refractivity contribution in [3.8, 4) is 0 Å². The van der Waals surface area contributed by atoms with E-state index in [4.69, 9.17) is 0 Å². The molecule has 10 heavy (non-hydrogen) atoms. The number of hydrogen-bond donors (Lipinski definition) is 0. The topological polar surface area (TPSA) is 12.9 Å². The number of aromatic nitrogens is 1. The summed E-state index contributed by atoms with van der Waals surface area (Å²) in [5.41, 5.74) is 2.44. The summed E-state index contributed by atoms with van der Waals surface area (Å²) in [5, 5.41) is 1.35. The highest BCUT2D eigenvalue weighted by atomic mass is 31.1. The Morgan fingerprint density at radius 3 is 2.60 bits per heavy atom. The number of aryl methyl sites for hydroxylation is 2. The molecule has 1 nitrogen and oxygen atoms in total. The lowest BCUT2D eigenvalue weighted by Crippen LogP contribution is -1.98. The summed E-state index contributed by atoms with van der Waals surface area (Å²) >= 11 is 0. The predicted octanol–water partition coefficient (Wildman–Crippen LogP) is 1.63. The van der Waals surface area contributed by atoms with Crippen LogP contribution in [0.3, 0.4) is 0 Å². The summed E-state index contributed by atoms with van der Waals surface area (Å²) in [4.78, 5) is 4.26. The van der Waals surface area contributed by atoms with Crippen LogP contribution in [0.2, 0.25) is 0 Å². The Morgan fingerprint density at radius 2 is 2.10 bits per heavy atom. The van der Waals surface area contributed by atoms with Gasteiger partial charge in [-0.2, -0.15) is 0 Å². The lowest BCUT2D eigenvalue weighted by atomic mass is 10.2. The van der Waals surface area contributed by atoms with Gasteiger partial charge in [0.25, 0.3) is 0 Å².